The van der Waals surface area contributed by atoms with E-state index in [1.807, 2.05) is 47.3 Å². The Kier molecular flexibility index (Phi) is 7.24. The zero-order valence-electron chi connectivity index (χ0n) is 23.3. The standard InChI is InChI=1S/C31H35N5O4S/c1-40-25-12-10-24(11-13-25)36-20-28(22-6-8-23(9-7-22)35-16-18-41(38,39)19-17-35)29(34-36)26-4-2-3-5-27(26)30(37)33-31(21-32)14-15-31/h6-13,20,26-27H,2-5,14-19H2,1H3,(H,33,37). The Morgan fingerprint density at radius 3 is 2.32 bits per heavy atom. The van der Waals surface area contributed by atoms with Crippen LogP contribution < -0.4 is 15.0 Å². The first-order chi connectivity index (χ1) is 19.8. The number of aromatic nitrogens is 2. The number of hydrogen-bond acceptors (Lipinski definition) is 7. The Morgan fingerprint density at radius 1 is 1.02 bits per heavy atom. The van der Waals surface area contributed by atoms with Crippen molar-refractivity contribution >= 4 is 21.4 Å². The predicted molar refractivity (Wildman–Crippen MR) is 157 cm³/mol. The van der Waals surface area contributed by atoms with Gasteiger partial charge in [0.2, 0.25) is 5.91 Å². The minimum absolute atomic E-state index is 0.0471. The molecule has 6 rings (SSSR count). The van der Waals surface area contributed by atoms with Gasteiger partial charge in [0.15, 0.2) is 9.84 Å². The van der Waals surface area contributed by atoms with Gasteiger partial charge in [0.05, 0.1) is 36.1 Å². The highest BCUT2D eigenvalue weighted by atomic mass is 32.2. The number of hydrogen-bond donors (Lipinski definition) is 1. The van der Waals surface area contributed by atoms with Gasteiger partial charge >= 0.3 is 0 Å². The molecule has 10 heteroatoms. The number of ether oxygens (including phenoxy) is 1. The number of nitriles is 1. The number of anilines is 1. The van der Waals surface area contributed by atoms with Gasteiger partial charge in [-0.25, -0.2) is 13.1 Å². The maximum Gasteiger partial charge on any atom is 0.225 e. The number of benzene rings is 2. The van der Waals surface area contributed by atoms with Crippen LogP contribution in [0.15, 0.2) is 54.7 Å². The van der Waals surface area contributed by atoms with Crippen molar-refractivity contribution < 1.29 is 17.9 Å². The number of carbonyl (C=O) groups is 1. The second kappa shape index (κ2) is 10.9. The molecule has 2 saturated carbocycles. The molecule has 214 valence electrons. The minimum atomic E-state index is -2.95. The molecular formula is C31H35N5O4S. The molecule has 2 atom stereocenters. The lowest BCUT2D eigenvalue weighted by atomic mass is 9.75. The maximum absolute atomic E-state index is 13.5. The highest BCUT2D eigenvalue weighted by molar-refractivity contribution is 7.91. The second-order valence-electron chi connectivity index (χ2n) is 11.4. The first-order valence-electron chi connectivity index (χ1n) is 14.3. The van der Waals surface area contributed by atoms with Gasteiger partial charge in [0.25, 0.3) is 0 Å². The Hall–Kier alpha value is -3.84. The Labute approximate surface area is 241 Å². The summed E-state index contributed by atoms with van der Waals surface area (Å²) in [7, 11) is -1.32. The quantitative estimate of drug-likeness (QED) is 0.450. The van der Waals surface area contributed by atoms with Gasteiger partial charge in [0.1, 0.15) is 11.3 Å². The van der Waals surface area contributed by atoms with Gasteiger partial charge in [-0.1, -0.05) is 25.0 Å². The van der Waals surface area contributed by atoms with Crippen LogP contribution in [0.5, 0.6) is 5.75 Å². The van der Waals surface area contributed by atoms with Gasteiger partial charge in [0, 0.05) is 42.4 Å². The number of rotatable bonds is 7. The van der Waals surface area contributed by atoms with Crippen molar-refractivity contribution in [2.24, 2.45) is 5.92 Å². The van der Waals surface area contributed by atoms with E-state index < -0.39 is 15.4 Å². The molecule has 1 N–H and O–H groups in total. The van der Waals surface area contributed by atoms with Gasteiger partial charge in [-0.15, -0.1) is 0 Å². The van der Waals surface area contributed by atoms with Crippen LogP contribution in [-0.2, 0) is 14.6 Å². The van der Waals surface area contributed by atoms with E-state index in [4.69, 9.17) is 9.84 Å². The monoisotopic (exact) mass is 573 g/mol. The van der Waals surface area contributed by atoms with E-state index in [0.717, 1.165) is 59.6 Å². The summed E-state index contributed by atoms with van der Waals surface area (Å²) in [6.07, 6.45) is 7.06. The largest absolute Gasteiger partial charge is 0.497 e. The van der Waals surface area contributed by atoms with Crippen LogP contribution in [0.4, 0.5) is 5.69 Å². The van der Waals surface area contributed by atoms with E-state index in [0.29, 0.717) is 25.9 Å². The normalized spacial score (nSPS) is 22.9. The predicted octanol–water partition coefficient (Wildman–Crippen LogP) is 4.23. The van der Waals surface area contributed by atoms with Gasteiger partial charge in [-0.2, -0.15) is 10.4 Å². The SMILES string of the molecule is COc1ccc(-n2cc(-c3ccc(N4CCS(=O)(=O)CC4)cc3)c(C3CCCCC3C(=O)NC3(C#N)CC3)n2)cc1. The lowest BCUT2D eigenvalue weighted by Gasteiger charge is -2.31. The molecular weight excluding hydrogens is 538 g/mol. The summed E-state index contributed by atoms with van der Waals surface area (Å²) in [5.74, 6) is 0.742. The minimum Gasteiger partial charge on any atom is -0.497 e. The molecule has 0 radical (unpaired) electrons. The molecule has 2 heterocycles. The van der Waals surface area contributed by atoms with E-state index in [1.54, 1.807) is 7.11 Å². The number of amides is 1. The Bertz CT molecular complexity index is 1560. The average molecular weight is 574 g/mol. The summed E-state index contributed by atoms with van der Waals surface area (Å²) in [5.41, 5.74) is 4.04. The number of nitrogens with zero attached hydrogens (tertiary/aromatic N) is 4. The van der Waals surface area contributed by atoms with E-state index in [9.17, 15) is 18.5 Å². The van der Waals surface area contributed by atoms with E-state index >= 15 is 0 Å². The fraction of sp³-hybridized carbons (Fsp3) is 0.452. The van der Waals surface area contributed by atoms with Crippen molar-refractivity contribution in [2.45, 2.75) is 50.0 Å². The van der Waals surface area contributed by atoms with Crippen molar-refractivity contribution in [3.63, 3.8) is 0 Å². The van der Waals surface area contributed by atoms with E-state index in [1.165, 1.54) is 0 Å². The summed E-state index contributed by atoms with van der Waals surface area (Å²) < 4.78 is 31.0. The van der Waals surface area contributed by atoms with Crippen LogP contribution >= 0.6 is 0 Å². The number of nitrogens with one attached hydrogen (secondary N) is 1. The molecule has 3 fully saturated rings. The van der Waals surface area contributed by atoms with Crippen LogP contribution in [0.25, 0.3) is 16.8 Å². The third-order valence-electron chi connectivity index (χ3n) is 8.75. The molecule has 0 spiro atoms. The van der Waals surface area contributed by atoms with Crippen molar-refractivity contribution in [3.05, 3.63) is 60.4 Å². The smallest absolute Gasteiger partial charge is 0.225 e. The molecule has 1 saturated heterocycles. The number of sulfone groups is 1. The van der Waals surface area contributed by atoms with Crippen molar-refractivity contribution in [1.82, 2.24) is 15.1 Å². The molecule has 2 aliphatic carbocycles. The average Bonchev–Trinajstić information content (AvgIpc) is 3.63. The highest BCUT2D eigenvalue weighted by Gasteiger charge is 2.47. The van der Waals surface area contributed by atoms with Crippen LogP contribution in [0, 0.1) is 17.2 Å². The van der Waals surface area contributed by atoms with Crippen molar-refractivity contribution in [2.75, 3.05) is 36.6 Å². The first kappa shape index (κ1) is 27.3. The summed E-state index contributed by atoms with van der Waals surface area (Å²) in [5, 5.41) is 17.7. The Balaban J connectivity index is 1.35. The Morgan fingerprint density at radius 2 is 1.68 bits per heavy atom. The molecule has 1 amide bonds. The van der Waals surface area contributed by atoms with Crippen molar-refractivity contribution in [1.29, 1.82) is 5.26 Å². The first-order valence-corrected chi connectivity index (χ1v) is 16.1. The molecule has 41 heavy (non-hydrogen) atoms. The van der Waals surface area contributed by atoms with Crippen LogP contribution in [0.1, 0.15) is 50.1 Å². The second-order valence-corrected chi connectivity index (χ2v) is 13.7. The highest BCUT2D eigenvalue weighted by Crippen LogP contribution is 2.43. The molecule has 2 aromatic carbocycles. The summed E-state index contributed by atoms with van der Waals surface area (Å²) >= 11 is 0. The fourth-order valence-corrected chi connectivity index (χ4v) is 7.26. The maximum atomic E-state index is 13.5. The van der Waals surface area contributed by atoms with E-state index in [2.05, 4.69) is 28.4 Å². The van der Waals surface area contributed by atoms with E-state index in [-0.39, 0.29) is 29.2 Å². The lowest BCUT2D eigenvalue weighted by molar-refractivity contribution is -0.127. The van der Waals surface area contributed by atoms with Gasteiger partial charge in [-0.3, -0.25) is 4.79 Å². The third kappa shape index (κ3) is 5.68. The molecule has 3 aromatic rings. The topological polar surface area (TPSA) is 117 Å². The van der Waals surface area contributed by atoms with Crippen LogP contribution in [0.2, 0.25) is 0 Å². The molecule has 0 bridgehead atoms. The summed E-state index contributed by atoms with van der Waals surface area (Å²) in [6, 6.07) is 18.2. The molecule has 3 aliphatic rings. The van der Waals surface area contributed by atoms with Crippen LogP contribution in [-0.4, -0.2) is 61.3 Å². The fourth-order valence-electron chi connectivity index (χ4n) is 6.06. The molecule has 9 nitrogen and oxygen atoms in total. The zero-order valence-corrected chi connectivity index (χ0v) is 24.1. The van der Waals surface area contributed by atoms with Crippen molar-refractivity contribution in [3.8, 4) is 28.6 Å². The van der Waals surface area contributed by atoms with Gasteiger partial charge < -0.3 is 15.0 Å². The third-order valence-corrected chi connectivity index (χ3v) is 10.4. The molecule has 2 unspecified atom stereocenters. The zero-order chi connectivity index (χ0) is 28.6. The summed E-state index contributed by atoms with van der Waals surface area (Å²) in [6.45, 7) is 0.983. The molecule has 1 aromatic heterocycles. The summed E-state index contributed by atoms with van der Waals surface area (Å²) in [4.78, 5) is 15.6. The lowest BCUT2D eigenvalue weighted by Crippen LogP contribution is -2.42. The number of carbonyl (C=O) groups excluding carboxylic acids is 1. The van der Waals surface area contributed by atoms with Crippen LogP contribution in [0.3, 0.4) is 0 Å². The van der Waals surface area contributed by atoms with Gasteiger partial charge in [-0.05, 0) is 67.6 Å². The molecule has 1 aliphatic heterocycles. The number of methoxy groups -OCH3 is 1.